The molecule has 1 saturated carbocycles. The summed E-state index contributed by atoms with van der Waals surface area (Å²) in [6.45, 7) is 0. The second-order valence-corrected chi connectivity index (χ2v) is 5.49. The Balaban J connectivity index is 1.91. The van der Waals surface area contributed by atoms with Gasteiger partial charge in [-0.3, -0.25) is 0 Å². The first kappa shape index (κ1) is 14.9. The van der Waals surface area contributed by atoms with Crippen LogP contribution in [0.3, 0.4) is 0 Å². The minimum atomic E-state index is -4.68. The van der Waals surface area contributed by atoms with Crippen LogP contribution in [-0.2, 0) is 5.54 Å². The molecular formula is C17H16F3NO. The van der Waals surface area contributed by atoms with Crippen LogP contribution in [0.1, 0.15) is 18.4 Å². The van der Waals surface area contributed by atoms with Crippen molar-refractivity contribution in [3.05, 3.63) is 54.1 Å². The minimum absolute atomic E-state index is 0.0239. The quantitative estimate of drug-likeness (QED) is 0.900. The molecule has 1 fully saturated rings. The third kappa shape index (κ3) is 3.09. The van der Waals surface area contributed by atoms with E-state index in [0.717, 1.165) is 24.0 Å². The molecule has 1 aliphatic rings. The lowest BCUT2D eigenvalue weighted by atomic mass is 9.98. The molecule has 0 atom stereocenters. The van der Waals surface area contributed by atoms with Crippen molar-refractivity contribution in [1.29, 1.82) is 0 Å². The zero-order valence-corrected chi connectivity index (χ0v) is 12.1. The zero-order valence-electron chi connectivity index (χ0n) is 12.1. The van der Waals surface area contributed by atoms with E-state index >= 15 is 0 Å². The van der Waals surface area contributed by atoms with Crippen LogP contribution in [0.5, 0.6) is 5.75 Å². The molecule has 0 saturated heterocycles. The first-order valence-electron chi connectivity index (χ1n) is 7.08. The van der Waals surface area contributed by atoms with E-state index < -0.39 is 6.36 Å². The number of ether oxygens (including phenoxy) is 1. The van der Waals surface area contributed by atoms with E-state index in [4.69, 9.17) is 0 Å². The molecular weight excluding hydrogens is 291 g/mol. The van der Waals surface area contributed by atoms with E-state index in [2.05, 4.69) is 10.1 Å². The largest absolute Gasteiger partial charge is 0.573 e. The molecule has 3 rings (SSSR count). The molecule has 116 valence electrons. The predicted octanol–water partition coefficient (Wildman–Crippen LogP) is 4.46. The van der Waals surface area contributed by atoms with Crippen molar-refractivity contribution in [2.75, 3.05) is 7.05 Å². The lowest BCUT2D eigenvalue weighted by Crippen LogP contribution is -2.24. The highest BCUT2D eigenvalue weighted by molar-refractivity contribution is 5.66. The molecule has 0 unspecified atom stereocenters. The van der Waals surface area contributed by atoms with Gasteiger partial charge in [0.05, 0.1) is 0 Å². The van der Waals surface area contributed by atoms with Gasteiger partial charge in [0.15, 0.2) is 0 Å². The van der Waals surface area contributed by atoms with Crippen molar-refractivity contribution in [3.63, 3.8) is 0 Å². The maximum Gasteiger partial charge on any atom is 0.573 e. The first-order valence-corrected chi connectivity index (χ1v) is 7.08. The Morgan fingerprint density at radius 2 is 1.64 bits per heavy atom. The van der Waals surface area contributed by atoms with Crippen LogP contribution in [0, 0.1) is 0 Å². The van der Waals surface area contributed by atoms with E-state index in [1.165, 1.54) is 12.1 Å². The third-order valence-corrected chi connectivity index (χ3v) is 4.04. The lowest BCUT2D eigenvalue weighted by molar-refractivity contribution is -0.274. The smallest absolute Gasteiger partial charge is 0.406 e. The fraction of sp³-hybridized carbons (Fsp3) is 0.294. The first-order chi connectivity index (χ1) is 10.4. The molecule has 0 spiro atoms. The number of hydrogen-bond donors (Lipinski definition) is 1. The number of hydrogen-bond acceptors (Lipinski definition) is 2. The van der Waals surface area contributed by atoms with Gasteiger partial charge in [-0.25, -0.2) is 0 Å². The van der Waals surface area contributed by atoms with Crippen LogP contribution >= 0.6 is 0 Å². The summed E-state index contributed by atoms with van der Waals surface area (Å²) in [7, 11) is 1.93. The maximum absolute atomic E-state index is 12.3. The Kier molecular flexibility index (Phi) is 3.60. The van der Waals surface area contributed by atoms with Gasteiger partial charge in [0.2, 0.25) is 0 Å². The summed E-state index contributed by atoms with van der Waals surface area (Å²) < 4.78 is 40.9. The molecule has 0 heterocycles. The maximum atomic E-state index is 12.3. The van der Waals surface area contributed by atoms with Gasteiger partial charge in [-0.2, -0.15) is 0 Å². The van der Waals surface area contributed by atoms with Gasteiger partial charge in [0, 0.05) is 5.54 Å². The highest BCUT2D eigenvalue weighted by Gasteiger charge is 2.42. The van der Waals surface area contributed by atoms with Gasteiger partial charge in [0.1, 0.15) is 5.75 Å². The Bertz CT molecular complexity index is 678. The highest BCUT2D eigenvalue weighted by Crippen LogP contribution is 2.45. The van der Waals surface area contributed by atoms with Gasteiger partial charge in [-0.15, -0.1) is 13.2 Å². The molecule has 5 heteroatoms. The zero-order chi connectivity index (χ0) is 15.8. The van der Waals surface area contributed by atoms with E-state index in [1.807, 2.05) is 31.3 Å². The SMILES string of the molecule is CNC1(c2cccc(-c3cccc(OC(F)(F)F)c3)c2)CC1. The number of nitrogens with one attached hydrogen (secondary N) is 1. The molecule has 1 aliphatic carbocycles. The fourth-order valence-electron chi connectivity index (χ4n) is 2.68. The summed E-state index contributed by atoms with van der Waals surface area (Å²) in [5, 5.41) is 3.32. The second kappa shape index (κ2) is 5.32. The van der Waals surface area contributed by atoms with Gasteiger partial charge in [-0.05, 0) is 54.8 Å². The van der Waals surface area contributed by atoms with E-state index in [0.29, 0.717) is 5.56 Å². The molecule has 2 nitrogen and oxygen atoms in total. The van der Waals surface area contributed by atoms with Crippen molar-refractivity contribution >= 4 is 0 Å². The number of benzene rings is 2. The summed E-state index contributed by atoms with van der Waals surface area (Å²) in [6.07, 6.45) is -2.53. The van der Waals surface area contributed by atoms with Crippen molar-refractivity contribution < 1.29 is 17.9 Å². The molecule has 0 bridgehead atoms. The second-order valence-electron chi connectivity index (χ2n) is 5.49. The Morgan fingerprint density at radius 3 is 2.23 bits per heavy atom. The Morgan fingerprint density at radius 1 is 1.00 bits per heavy atom. The normalized spacial score (nSPS) is 16.4. The van der Waals surface area contributed by atoms with E-state index in [9.17, 15) is 13.2 Å². The van der Waals surface area contributed by atoms with E-state index in [1.54, 1.807) is 12.1 Å². The lowest BCUT2D eigenvalue weighted by Gasteiger charge is -2.16. The molecule has 0 amide bonds. The highest BCUT2D eigenvalue weighted by atomic mass is 19.4. The fourth-order valence-corrected chi connectivity index (χ4v) is 2.68. The summed E-state index contributed by atoms with van der Waals surface area (Å²) >= 11 is 0. The average Bonchev–Trinajstić information content (AvgIpc) is 3.27. The van der Waals surface area contributed by atoms with Gasteiger partial charge in [0.25, 0.3) is 0 Å². The standard InChI is InChI=1S/C17H16F3NO/c1-21-16(8-9-16)14-6-2-4-12(10-14)13-5-3-7-15(11-13)22-17(18,19)20/h2-7,10-11,21H,8-9H2,1H3. The van der Waals surface area contributed by atoms with Crippen LogP contribution in [0.15, 0.2) is 48.5 Å². The molecule has 2 aromatic rings. The van der Waals surface area contributed by atoms with Crippen LogP contribution in [-0.4, -0.2) is 13.4 Å². The topological polar surface area (TPSA) is 21.3 Å². The Labute approximate surface area is 126 Å². The van der Waals surface area contributed by atoms with Gasteiger partial charge in [-0.1, -0.05) is 30.3 Å². The Hall–Kier alpha value is -2.01. The molecule has 0 radical (unpaired) electrons. The van der Waals surface area contributed by atoms with E-state index in [-0.39, 0.29) is 11.3 Å². The molecule has 0 aliphatic heterocycles. The number of rotatable bonds is 4. The van der Waals surface area contributed by atoms with Gasteiger partial charge < -0.3 is 10.1 Å². The van der Waals surface area contributed by atoms with Crippen LogP contribution in [0.4, 0.5) is 13.2 Å². The van der Waals surface area contributed by atoms with Crippen molar-refractivity contribution in [2.24, 2.45) is 0 Å². The summed E-state index contributed by atoms with van der Waals surface area (Å²) in [6, 6.07) is 13.9. The summed E-state index contributed by atoms with van der Waals surface area (Å²) in [4.78, 5) is 0. The van der Waals surface area contributed by atoms with Crippen molar-refractivity contribution in [3.8, 4) is 16.9 Å². The van der Waals surface area contributed by atoms with Crippen LogP contribution in [0.25, 0.3) is 11.1 Å². The predicted molar refractivity (Wildman–Crippen MR) is 78.5 cm³/mol. The number of halogens is 3. The molecule has 22 heavy (non-hydrogen) atoms. The molecule has 0 aromatic heterocycles. The van der Waals surface area contributed by atoms with Crippen molar-refractivity contribution in [1.82, 2.24) is 5.32 Å². The van der Waals surface area contributed by atoms with Gasteiger partial charge >= 0.3 is 6.36 Å². The minimum Gasteiger partial charge on any atom is -0.406 e. The summed E-state index contributed by atoms with van der Waals surface area (Å²) in [5.74, 6) is -0.204. The number of alkyl halides is 3. The molecule has 2 aromatic carbocycles. The summed E-state index contributed by atoms with van der Waals surface area (Å²) in [5.41, 5.74) is 2.77. The van der Waals surface area contributed by atoms with Crippen LogP contribution in [0.2, 0.25) is 0 Å². The van der Waals surface area contributed by atoms with Crippen molar-refractivity contribution in [2.45, 2.75) is 24.7 Å². The van der Waals surface area contributed by atoms with Crippen LogP contribution < -0.4 is 10.1 Å². The monoisotopic (exact) mass is 307 g/mol. The molecule has 1 N–H and O–H groups in total. The average molecular weight is 307 g/mol. The third-order valence-electron chi connectivity index (χ3n) is 4.04.